The van der Waals surface area contributed by atoms with Crippen molar-refractivity contribution in [2.24, 2.45) is 0 Å². The van der Waals surface area contributed by atoms with E-state index in [-0.39, 0.29) is 12.6 Å². The molecule has 29 heavy (non-hydrogen) atoms. The smallest absolute Gasteiger partial charge is 0.344 e. The molecule has 1 aromatic rings. The van der Waals surface area contributed by atoms with Gasteiger partial charge >= 0.3 is 6.03 Å². The highest BCUT2D eigenvalue weighted by Crippen LogP contribution is 2.37. The molecule has 2 atom stereocenters. The van der Waals surface area contributed by atoms with Crippen molar-refractivity contribution >= 4 is 17.8 Å². The van der Waals surface area contributed by atoms with Gasteiger partial charge in [0.15, 0.2) is 11.5 Å². The SMILES string of the molecule is CC[C@]1(C)NC(=O)N(NC(=O)CN2CCC[C@H]2c2ccc3c(c2)OCCO3)C1=O. The molecular weight excluding hydrogens is 376 g/mol. The molecule has 0 aromatic heterocycles. The highest BCUT2D eigenvalue weighted by molar-refractivity contribution is 6.07. The first-order valence-electron chi connectivity index (χ1n) is 10.0. The summed E-state index contributed by atoms with van der Waals surface area (Å²) < 4.78 is 11.2. The Morgan fingerprint density at radius 1 is 1.28 bits per heavy atom. The van der Waals surface area contributed by atoms with Crippen LogP contribution in [0.5, 0.6) is 11.5 Å². The van der Waals surface area contributed by atoms with Crippen LogP contribution in [-0.4, -0.2) is 59.6 Å². The zero-order valence-corrected chi connectivity index (χ0v) is 16.7. The third-order valence-corrected chi connectivity index (χ3v) is 5.87. The number of imide groups is 1. The van der Waals surface area contributed by atoms with Gasteiger partial charge in [0.1, 0.15) is 18.8 Å². The number of carbonyl (C=O) groups is 3. The molecule has 9 heteroatoms. The number of likely N-dealkylation sites (tertiary alicyclic amines) is 1. The molecule has 2 N–H and O–H groups in total. The number of fused-ring (bicyclic) bond motifs is 1. The van der Waals surface area contributed by atoms with Crippen LogP contribution in [0.4, 0.5) is 4.79 Å². The number of amides is 4. The minimum Gasteiger partial charge on any atom is -0.486 e. The number of ether oxygens (including phenoxy) is 2. The average Bonchev–Trinajstić information content (AvgIpc) is 3.26. The Hall–Kier alpha value is -2.81. The fourth-order valence-electron chi connectivity index (χ4n) is 4.03. The van der Waals surface area contributed by atoms with Crippen molar-refractivity contribution in [3.63, 3.8) is 0 Å². The molecule has 9 nitrogen and oxygen atoms in total. The number of rotatable bonds is 5. The summed E-state index contributed by atoms with van der Waals surface area (Å²) in [6.45, 7) is 5.39. The van der Waals surface area contributed by atoms with E-state index in [2.05, 4.69) is 15.6 Å². The summed E-state index contributed by atoms with van der Waals surface area (Å²) in [7, 11) is 0. The second-order valence-corrected chi connectivity index (χ2v) is 7.82. The zero-order valence-electron chi connectivity index (χ0n) is 16.7. The number of urea groups is 1. The molecule has 1 aromatic carbocycles. The van der Waals surface area contributed by atoms with Crippen molar-refractivity contribution in [2.75, 3.05) is 26.3 Å². The summed E-state index contributed by atoms with van der Waals surface area (Å²) in [4.78, 5) is 39.2. The molecule has 3 aliphatic rings. The Morgan fingerprint density at radius 2 is 2.03 bits per heavy atom. The van der Waals surface area contributed by atoms with E-state index in [1.165, 1.54) is 0 Å². The van der Waals surface area contributed by atoms with E-state index in [0.717, 1.165) is 41.5 Å². The van der Waals surface area contributed by atoms with Gasteiger partial charge in [-0.2, -0.15) is 5.01 Å². The Bertz CT molecular complexity index is 844. The highest BCUT2D eigenvalue weighted by Gasteiger charge is 2.47. The number of carbonyl (C=O) groups excluding carboxylic acids is 3. The van der Waals surface area contributed by atoms with E-state index in [1.807, 2.05) is 25.1 Å². The van der Waals surface area contributed by atoms with Crippen LogP contribution >= 0.6 is 0 Å². The molecule has 0 unspecified atom stereocenters. The van der Waals surface area contributed by atoms with Crippen molar-refractivity contribution in [2.45, 2.75) is 44.7 Å². The Balaban J connectivity index is 1.42. The van der Waals surface area contributed by atoms with Crippen LogP contribution in [-0.2, 0) is 9.59 Å². The second-order valence-electron chi connectivity index (χ2n) is 7.82. The van der Waals surface area contributed by atoms with Gasteiger partial charge in [0.25, 0.3) is 11.8 Å². The molecule has 2 fully saturated rings. The normalized spacial score (nSPS) is 26.6. The molecule has 0 bridgehead atoms. The van der Waals surface area contributed by atoms with Gasteiger partial charge in [0.2, 0.25) is 0 Å². The van der Waals surface area contributed by atoms with Crippen molar-refractivity contribution < 1.29 is 23.9 Å². The predicted octanol–water partition coefficient (Wildman–Crippen LogP) is 1.35. The summed E-state index contributed by atoms with van der Waals surface area (Å²) in [6.07, 6.45) is 2.33. The maximum atomic E-state index is 12.6. The molecule has 4 amide bonds. The molecule has 4 rings (SSSR count). The van der Waals surface area contributed by atoms with Crippen LogP contribution < -0.4 is 20.2 Å². The van der Waals surface area contributed by atoms with Gasteiger partial charge in [-0.3, -0.25) is 19.9 Å². The first-order valence-corrected chi connectivity index (χ1v) is 10.0. The van der Waals surface area contributed by atoms with Crippen LogP contribution in [0.25, 0.3) is 0 Å². The fraction of sp³-hybridized carbons (Fsp3) is 0.550. The zero-order chi connectivity index (χ0) is 20.6. The lowest BCUT2D eigenvalue weighted by Gasteiger charge is -2.26. The van der Waals surface area contributed by atoms with Crippen molar-refractivity contribution in [1.82, 2.24) is 20.7 Å². The first kappa shape index (κ1) is 19.5. The second kappa shape index (κ2) is 7.55. The lowest BCUT2D eigenvalue weighted by atomic mass is 10.00. The molecule has 3 heterocycles. The van der Waals surface area contributed by atoms with E-state index >= 15 is 0 Å². The van der Waals surface area contributed by atoms with Crippen molar-refractivity contribution in [3.05, 3.63) is 23.8 Å². The van der Waals surface area contributed by atoms with Gasteiger partial charge in [0, 0.05) is 6.04 Å². The first-order chi connectivity index (χ1) is 13.9. The number of nitrogens with one attached hydrogen (secondary N) is 2. The number of benzene rings is 1. The largest absolute Gasteiger partial charge is 0.486 e. The van der Waals surface area contributed by atoms with Gasteiger partial charge in [0.05, 0.1) is 6.54 Å². The molecular formula is C20H26N4O5. The van der Waals surface area contributed by atoms with Crippen LogP contribution in [0.3, 0.4) is 0 Å². The van der Waals surface area contributed by atoms with Crippen LogP contribution in [0.2, 0.25) is 0 Å². The van der Waals surface area contributed by atoms with E-state index in [0.29, 0.717) is 19.6 Å². The van der Waals surface area contributed by atoms with Gasteiger partial charge in [-0.05, 0) is 50.4 Å². The quantitative estimate of drug-likeness (QED) is 0.721. The predicted molar refractivity (Wildman–Crippen MR) is 103 cm³/mol. The van der Waals surface area contributed by atoms with Gasteiger partial charge in [-0.1, -0.05) is 13.0 Å². The van der Waals surface area contributed by atoms with E-state index in [4.69, 9.17) is 9.47 Å². The van der Waals surface area contributed by atoms with Crippen molar-refractivity contribution in [3.8, 4) is 11.5 Å². The standard InChI is InChI=1S/C20H26N4O5/c1-3-20(2)18(26)24(19(27)21-20)22-17(25)12-23-8-4-5-14(23)13-6-7-15-16(11-13)29-10-9-28-15/h6-7,11,14H,3-5,8-10,12H2,1-2H3,(H,21,27)(H,22,25)/t14-,20-/m0/s1. The Labute approximate surface area is 169 Å². The minimum atomic E-state index is -0.980. The van der Waals surface area contributed by atoms with E-state index in [1.54, 1.807) is 6.92 Å². The molecule has 2 saturated heterocycles. The maximum absolute atomic E-state index is 12.6. The summed E-state index contributed by atoms with van der Waals surface area (Å²) in [5.74, 6) is 0.629. The van der Waals surface area contributed by atoms with Gasteiger partial charge in [-0.25, -0.2) is 4.79 Å². The molecule has 3 aliphatic heterocycles. The lowest BCUT2D eigenvalue weighted by molar-refractivity contribution is -0.139. The monoisotopic (exact) mass is 402 g/mol. The maximum Gasteiger partial charge on any atom is 0.344 e. The molecule has 0 aliphatic carbocycles. The lowest BCUT2D eigenvalue weighted by Crippen LogP contribution is -2.51. The number of hydrogen-bond donors (Lipinski definition) is 2. The van der Waals surface area contributed by atoms with Crippen LogP contribution in [0.15, 0.2) is 18.2 Å². The Kier molecular flexibility index (Phi) is 5.08. The number of hydrazine groups is 1. The van der Waals surface area contributed by atoms with Gasteiger partial charge in [-0.15, -0.1) is 0 Å². The minimum absolute atomic E-state index is 0.0700. The third kappa shape index (κ3) is 3.62. The fourth-order valence-corrected chi connectivity index (χ4v) is 4.03. The number of nitrogens with zero attached hydrogens (tertiary/aromatic N) is 2. The Morgan fingerprint density at radius 3 is 2.76 bits per heavy atom. The third-order valence-electron chi connectivity index (χ3n) is 5.87. The average molecular weight is 402 g/mol. The molecule has 0 radical (unpaired) electrons. The summed E-state index contributed by atoms with van der Waals surface area (Å²) in [6, 6.07) is 5.34. The number of hydrogen-bond acceptors (Lipinski definition) is 6. The van der Waals surface area contributed by atoms with Crippen LogP contribution in [0, 0.1) is 0 Å². The highest BCUT2D eigenvalue weighted by atomic mass is 16.6. The van der Waals surface area contributed by atoms with E-state index < -0.39 is 23.4 Å². The molecule has 156 valence electrons. The summed E-state index contributed by atoms with van der Waals surface area (Å²) >= 11 is 0. The topological polar surface area (TPSA) is 100 Å². The van der Waals surface area contributed by atoms with Crippen LogP contribution in [0.1, 0.15) is 44.7 Å². The van der Waals surface area contributed by atoms with Crippen molar-refractivity contribution in [1.29, 1.82) is 0 Å². The van der Waals surface area contributed by atoms with Gasteiger partial charge < -0.3 is 14.8 Å². The molecule has 0 spiro atoms. The summed E-state index contributed by atoms with van der Waals surface area (Å²) in [5, 5.41) is 3.42. The van der Waals surface area contributed by atoms with E-state index in [9.17, 15) is 14.4 Å². The molecule has 0 saturated carbocycles. The summed E-state index contributed by atoms with van der Waals surface area (Å²) in [5.41, 5.74) is 2.55.